The van der Waals surface area contributed by atoms with E-state index >= 15 is 0 Å². The number of nitrogens with zero attached hydrogens (tertiary/aromatic N) is 2. The largest absolute Gasteiger partial charge is 0.324 e. The zero-order chi connectivity index (χ0) is 30.4. The number of rotatable bonds is 32. The highest BCUT2D eigenvalue weighted by Crippen LogP contribution is 2.22. The molecule has 1 heterocycles. The Bertz CT molecular complexity index is 669. The molecule has 42 heavy (non-hydrogen) atoms. The molecular formula is C39H75N2O+. The van der Waals surface area contributed by atoms with Gasteiger partial charge in [0.1, 0.15) is 6.20 Å². The number of carbonyl (C=O) groups excluding carboxylic acids is 1. The molecule has 1 aliphatic heterocycles. The summed E-state index contributed by atoms with van der Waals surface area (Å²) in [5, 5.41) is 0. The average Bonchev–Trinajstić information content (AvgIpc) is 3.38. The molecule has 0 aromatic heterocycles. The highest BCUT2D eigenvalue weighted by atomic mass is 16.2. The zero-order valence-electron chi connectivity index (χ0n) is 29.1. The van der Waals surface area contributed by atoms with Gasteiger partial charge in [0.25, 0.3) is 0 Å². The molecule has 0 aromatic rings. The van der Waals surface area contributed by atoms with E-state index in [1.807, 2.05) is 12.4 Å². The van der Waals surface area contributed by atoms with Crippen LogP contribution in [-0.2, 0) is 4.79 Å². The van der Waals surface area contributed by atoms with Gasteiger partial charge in [0.2, 0.25) is 5.84 Å². The number of amides is 1. The number of carbonyl (C=O) groups is 1. The third-order valence-corrected chi connectivity index (χ3v) is 9.64. The van der Waals surface area contributed by atoms with Gasteiger partial charge in [-0.25, -0.2) is 9.79 Å². The van der Waals surface area contributed by atoms with Crippen molar-refractivity contribution in [1.29, 1.82) is 0 Å². The van der Waals surface area contributed by atoms with Crippen LogP contribution in [0.15, 0.2) is 17.4 Å². The fourth-order valence-corrected chi connectivity index (χ4v) is 6.52. The van der Waals surface area contributed by atoms with Crippen LogP contribution in [0.25, 0.3) is 0 Å². The van der Waals surface area contributed by atoms with E-state index in [4.69, 9.17) is 0 Å². The van der Waals surface area contributed by atoms with Gasteiger partial charge in [-0.05, 0) is 12.8 Å². The molecule has 1 rings (SSSR count). The van der Waals surface area contributed by atoms with Crippen LogP contribution in [0, 0.1) is 0 Å². The first-order chi connectivity index (χ1) is 20.6. The molecule has 0 saturated carbocycles. The fraction of sp³-hybridized carbons (Fsp3) is 0.897. The fourth-order valence-electron chi connectivity index (χ4n) is 6.52. The van der Waals surface area contributed by atoms with Crippen molar-refractivity contribution in [1.82, 2.24) is 0 Å². The van der Waals surface area contributed by atoms with E-state index in [1.54, 1.807) is 0 Å². The molecule has 1 amide bonds. The molecule has 0 N–H and O–H groups in total. The Morgan fingerprint density at radius 3 is 1.17 bits per heavy atom. The van der Waals surface area contributed by atoms with Crippen LogP contribution in [0.5, 0.6) is 0 Å². The summed E-state index contributed by atoms with van der Waals surface area (Å²) in [7, 11) is 2.06. The van der Waals surface area contributed by atoms with Crippen LogP contribution in [0.1, 0.15) is 219 Å². The van der Waals surface area contributed by atoms with Crippen LogP contribution < -0.4 is 0 Å². The molecule has 0 aromatic carbocycles. The first kappa shape index (κ1) is 39.1. The quantitative estimate of drug-likeness (QED) is 0.0568. The number of quaternary nitrogens is 1. The summed E-state index contributed by atoms with van der Waals surface area (Å²) in [6.07, 6.45) is 46.7. The molecule has 0 fully saturated rings. The molecule has 3 heteroatoms. The van der Waals surface area contributed by atoms with Crippen molar-refractivity contribution in [3.05, 3.63) is 12.4 Å². The number of hydrogen-bond donors (Lipinski definition) is 0. The summed E-state index contributed by atoms with van der Waals surface area (Å²) in [6, 6.07) is 0. The second-order valence-corrected chi connectivity index (χ2v) is 13.7. The van der Waals surface area contributed by atoms with Crippen molar-refractivity contribution in [2.24, 2.45) is 4.99 Å². The SMILES string of the molecule is CCCCCCCCCCCCCCCCCCC1=NC=C[N+]1(C)C(=O)CCCCCCCCCCCCCCCC. The predicted molar refractivity (Wildman–Crippen MR) is 187 cm³/mol. The molecular weight excluding hydrogens is 512 g/mol. The van der Waals surface area contributed by atoms with Crippen LogP contribution in [0.4, 0.5) is 0 Å². The normalized spacial score (nSPS) is 16.4. The van der Waals surface area contributed by atoms with Gasteiger partial charge >= 0.3 is 5.91 Å². The maximum Gasteiger partial charge on any atom is 0.324 e. The van der Waals surface area contributed by atoms with Crippen LogP contribution in [0.2, 0.25) is 0 Å². The molecule has 246 valence electrons. The lowest BCUT2D eigenvalue weighted by Gasteiger charge is -2.25. The molecule has 3 nitrogen and oxygen atoms in total. The van der Waals surface area contributed by atoms with Crippen LogP contribution >= 0.6 is 0 Å². The van der Waals surface area contributed by atoms with Crippen LogP contribution in [-0.4, -0.2) is 23.3 Å². The monoisotopic (exact) mass is 588 g/mol. The highest BCUT2D eigenvalue weighted by molar-refractivity contribution is 5.90. The third-order valence-electron chi connectivity index (χ3n) is 9.64. The van der Waals surface area contributed by atoms with Crippen molar-refractivity contribution in [3.63, 3.8) is 0 Å². The maximum absolute atomic E-state index is 13.1. The minimum atomic E-state index is 0.331. The Morgan fingerprint density at radius 2 is 0.810 bits per heavy atom. The van der Waals surface area contributed by atoms with E-state index < -0.39 is 0 Å². The molecule has 0 bridgehead atoms. The highest BCUT2D eigenvalue weighted by Gasteiger charge is 2.37. The number of hydrogen-bond acceptors (Lipinski definition) is 2. The molecule has 0 saturated heterocycles. The summed E-state index contributed by atoms with van der Waals surface area (Å²) in [6.45, 7) is 4.58. The molecule has 0 spiro atoms. The molecule has 0 aliphatic carbocycles. The summed E-state index contributed by atoms with van der Waals surface area (Å²) in [5.74, 6) is 1.40. The second-order valence-electron chi connectivity index (χ2n) is 13.7. The Labute approximate surface area is 264 Å². The van der Waals surface area contributed by atoms with Crippen molar-refractivity contribution in [3.8, 4) is 0 Å². The minimum Gasteiger partial charge on any atom is -0.230 e. The van der Waals surface area contributed by atoms with Crippen molar-refractivity contribution < 1.29 is 9.28 Å². The second kappa shape index (κ2) is 28.8. The minimum absolute atomic E-state index is 0.331. The standard InChI is InChI=1S/C39H75N2O/c1-4-6-8-10-12-14-16-18-20-21-22-24-26-28-30-32-34-38-40-36-37-41(38,3)39(42)35-33-31-29-27-25-23-19-17-15-13-11-9-7-5-2/h36-37H,4-35H2,1-3H3/q+1. The number of unbranched alkanes of at least 4 members (excludes halogenated alkanes) is 28. The Morgan fingerprint density at radius 1 is 0.500 bits per heavy atom. The lowest BCUT2D eigenvalue weighted by atomic mass is 10.0. The van der Waals surface area contributed by atoms with E-state index in [2.05, 4.69) is 25.9 Å². The van der Waals surface area contributed by atoms with Gasteiger partial charge in [0.05, 0.1) is 19.7 Å². The van der Waals surface area contributed by atoms with Gasteiger partial charge in [-0.3, -0.25) is 0 Å². The van der Waals surface area contributed by atoms with Gasteiger partial charge in [0.15, 0.2) is 0 Å². The number of amidine groups is 1. The van der Waals surface area contributed by atoms with Crippen molar-refractivity contribution >= 4 is 11.7 Å². The van der Waals surface area contributed by atoms with Gasteiger partial charge in [-0.2, -0.15) is 4.48 Å². The first-order valence-electron chi connectivity index (χ1n) is 19.3. The summed E-state index contributed by atoms with van der Waals surface area (Å²) in [4.78, 5) is 17.7. The first-order valence-corrected chi connectivity index (χ1v) is 19.3. The van der Waals surface area contributed by atoms with E-state index in [9.17, 15) is 4.79 Å². The maximum atomic E-state index is 13.1. The van der Waals surface area contributed by atoms with E-state index in [0.717, 1.165) is 18.7 Å². The molecule has 1 aliphatic rings. The number of aliphatic imine (C=N–C) groups is 1. The average molecular weight is 588 g/mol. The summed E-state index contributed by atoms with van der Waals surface area (Å²) >= 11 is 0. The molecule has 1 atom stereocenters. The van der Waals surface area contributed by atoms with Gasteiger partial charge in [0, 0.05) is 6.42 Å². The van der Waals surface area contributed by atoms with Gasteiger partial charge in [-0.1, -0.05) is 194 Å². The van der Waals surface area contributed by atoms with Gasteiger partial charge in [-0.15, -0.1) is 0 Å². The lowest BCUT2D eigenvalue weighted by Crippen LogP contribution is -2.47. The zero-order valence-corrected chi connectivity index (χ0v) is 29.1. The predicted octanol–water partition coefficient (Wildman–Crippen LogP) is 13.4. The lowest BCUT2D eigenvalue weighted by molar-refractivity contribution is -0.683. The molecule has 0 radical (unpaired) electrons. The third kappa shape index (κ3) is 20.9. The van der Waals surface area contributed by atoms with E-state index in [-0.39, 0.29) is 0 Å². The molecule has 1 unspecified atom stereocenters. The summed E-state index contributed by atoms with van der Waals surface area (Å²) in [5.41, 5.74) is 0. The Kier molecular flexibility index (Phi) is 26.8. The smallest absolute Gasteiger partial charge is 0.230 e. The van der Waals surface area contributed by atoms with Crippen LogP contribution in [0.3, 0.4) is 0 Å². The summed E-state index contributed by atoms with van der Waals surface area (Å²) < 4.78 is 0.331. The Hall–Kier alpha value is -0.960. The van der Waals surface area contributed by atoms with Crippen molar-refractivity contribution in [2.45, 2.75) is 219 Å². The van der Waals surface area contributed by atoms with E-state index in [0.29, 0.717) is 16.8 Å². The van der Waals surface area contributed by atoms with Crippen molar-refractivity contribution in [2.75, 3.05) is 7.05 Å². The Balaban J connectivity index is 1.94. The van der Waals surface area contributed by atoms with Gasteiger partial charge < -0.3 is 0 Å². The van der Waals surface area contributed by atoms with E-state index in [1.165, 1.54) is 186 Å². The topological polar surface area (TPSA) is 29.4 Å².